The number of ether oxygens (including phenoxy) is 1. The Hall–Kier alpha value is -3.04. The van der Waals surface area contributed by atoms with E-state index in [0.29, 0.717) is 17.4 Å². The Balaban J connectivity index is 2.19. The SMILES string of the molecule is Cc1cc(C)c(C[C@H](NC(=O)[C@H](C)NC(=O)[C@H](Cc2ccccc2)NC(=O)OC(C)(C)C)[C@@H](O)CSC(C)C)c(C)c1. The molecular formula is C33H49N3O5S. The Kier molecular flexibility index (Phi) is 13.4. The topological polar surface area (TPSA) is 117 Å². The molecule has 0 fully saturated rings. The van der Waals surface area contributed by atoms with E-state index >= 15 is 0 Å². The molecule has 0 saturated heterocycles. The lowest BCUT2D eigenvalue weighted by Gasteiger charge is -2.28. The van der Waals surface area contributed by atoms with Crippen LogP contribution in [0.25, 0.3) is 0 Å². The van der Waals surface area contributed by atoms with Gasteiger partial charge in [0.15, 0.2) is 0 Å². The van der Waals surface area contributed by atoms with E-state index in [4.69, 9.17) is 4.74 Å². The number of aryl methyl sites for hydroxylation is 3. The minimum absolute atomic E-state index is 0.222. The van der Waals surface area contributed by atoms with Gasteiger partial charge in [0.25, 0.3) is 0 Å². The number of aliphatic hydroxyl groups excluding tert-OH is 1. The number of thioether (sulfide) groups is 1. The highest BCUT2D eigenvalue weighted by Gasteiger charge is 2.29. The Morgan fingerprint density at radius 3 is 2.02 bits per heavy atom. The van der Waals surface area contributed by atoms with Crippen LogP contribution >= 0.6 is 11.8 Å². The first-order valence-electron chi connectivity index (χ1n) is 14.6. The third-order valence-electron chi connectivity index (χ3n) is 6.70. The van der Waals surface area contributed by atoms with Gasteiger partial charge in [-0.15, -0.1) is 0 Å². The number of hydrogen-bond donors (Lipinski definition) is 4. The molecule has 0 aliphatic heterocycles. The van der Waals surface area contributed by atoms with Crippen LogP contribution in [-0.4, -0.2) is 63.8 Å². The maximum absolute atomic E-state index is 13.4. The number of carbonyl (C=O) groups is 3. The molecule has 9 heteroatoms. The normalized spacial score (nSPS) is 14.5. The second kappa shape index (κ2) is 16.0. The molecule has 0 aliphatic rings. The van der Waals surface area contributed by atoms with Crippen LogP contribution in [0.15, 0.2) is 42.5 Å². The second-order valence-electron chi connectivity index (χ2n) is 12.3. The Bertz CT molecular complexity index is 1170. The molecule has 0 saturated carbocycles. The molecular weight excluding hydrogens is 550 g/mol. The first-order valence-corrected chi connectivity index (χ1v) is 15.6. The van der Waals surface area contributed by atoms with Gasteiger partial charge in [-0.2, -0.15) is 11.8 Å². The summed E-state index contributed by atoms with van der Waals surface area (Å²) in [5.41, 5.74) is 4.57. The highest BCUT2D eigenvalue weighted by molar-refractivity contribution is 7.99. The van der Waals surface area contributed by atoms with Crippen LogP contribution in [0.4, 0.5) is 4.79 Å². The van der Waals surface area contributed by atoms with Crippen molar-refractivity contribution in [2.75, 3.05) is 5.75 Å². The number of amides is 3. The van der Waals surface area contributed by atoms with Gasteiger partial charge < -0.3 is 25.8 Å². The molecule has 0 aromatic heterocycles. The summed E-state index contributed by atoms with van der Waals surface area (Å²) < 4.78 is 5.37. The molecule has 0 heterocycles. The number of nitrogens with one attached hydrogen (secondary N) is 3. The number of alkyl carbamates (subject to hydrolysis) is 1. The average molecular weight is 600 g/mol. The molecule has 0 aliphatic carbocycles. The molecule has 4 N–H and O–H groups in total. The van der Waals surface area contributed by atoms with Gasteiger partial charge in [-0.1, -0.05) is 61.9 Å². The molecule has 0 unspecified atom stereocenters. The van der Waals surface area contributed by atoms with Crippen LogP contribution in [0, 0.1) is 20.8 Å². The lowest BCUT2D eigenvalue weighted by Crippen LogP contribution is -2.56. The fraction of sp³-hybridized carbons (Fsp3) is 0.545. The molecule has 0 bridgehead atoms. The molecule has 2 rings (SSSR count). The molecule has 8 nitrogen and oxygen atoms in total. The minimum Gasteiger partial charge on any atom is -0.444 e. The first kappa shape index (κ1) is 35.2. The van der Waals surface area contributed by atoms with Crippen molar-refractivity contribution in [3.8, 4) is 0 Å². The van der Waals surface area contributed by atoms with E-state index in [1.807, 2.05) is 51.1 Å². The number of benzene rings is 2. The third kappa shape index (κ3) is 12.1. The molecule has 0 spiro atoms. The van der Waals surface area contributed by atoms with E-state index in [0.717, 1.165) is 27.8 Å². The van der Waals surface area contributed by atoms with Gasteiger partial charge in [-0.05, 0) is 82.4 Å². The summed E-state index contributed by atoms with van der Waals surface area (Å²) in [6.45, 7) is 17.1. The van der Waals surface area contributed by atoms with Gasteiger partial charge in [0.05, 0.1) is 12.1 Å². The van der Waals surface area contributed by atoms with E-state index in [1.165, 1.54) is 0 Å². The summed E-state index contributed by atoms with van der Waals surface area (Å²) in [5, 5.41) is 19.9. The molecule has 232 valence electrons. The Morgan fingerprint density at radius 1 is 0.881 bits per heavy atom. The molecule has 0 radical (unpaired) electrons. The van der Waals surface area contributed by atoms with Crippen molar-refractivity contribution in [1.82, 2.24) is 16.0 Å². The molecule has 2 aromatic rings. The van der Waals surface area contributed by atoms with Crippen LogP contribution in [-0.2, 0) is 27.2 Å². The highest BCUT2D eigenvalue weighted by Crippen LogP contribution is 2.21. The zero-order valence-corrected chi connectivity index (χ0v) is 27.4. The fourth-order valence-electron chi connectivity index (χ4n) is 4.64. The lowest BCUT2D eigenvalue weighted by molar-refractivity contribution is -0.130. The highest BCUT2D eigenvalue weighted by atomic mass is 32.2. The van der Waals surface area contributed by atoms with Gasteiger partial charge in [0.2, 0.25) is 11.8 Å². The van der Waals surface area contributed by atoms with Crippen LogP contribution in [0.3, 0.4) is 0 Å². The summed E-state index contributed by atoms with van der Waals surface area (Å²) >= 11 is 1.63. The van der Waals surface area contributed by atoms with Gasteiger partial charge in [-0.3, -0.25) is 9.59 Å². The standard InChI is InChI=1S/C33H49N3O5S/c1-20(2)42-19-29(37)27(18-26-22(4)15-21(3)16-23(26)5)35-30(38)24(6)34-31(39)28(17-25-13-11-10-12-14-25)36-32(40)41-33(7,8)9/h10-16,20,24,27-29,37H,17-19H2,1-9H3,(H,34,39)(H,35,38)(H,36,40)/t24-,27-,28-,29-/m0/s1. The summed E-state index contributed by atoms with van der Waals surface area (Å²) in [5.74, 6) is -0.461. The summed E-state index contributed by atoms with van der Waals surface area (Å²) in [7, 11) is 0. The van der Waals surface area contributed by atoms with Crippen LogP contribution in [0.1, 0.15) is 69.4 Å². The number of carbonyl (C=O) groups excluding carboxylic acids is 3. The van der Waals surface area contributed by atoms with E-state index in [2.05, 4.69) is 41.9 Å². The maximum Gasteiger partial charge on any atom is 0.408 e. The first-order chi connectivity index (χ1) is 19.6. The smallest absolute Gasteiger partial charge is 0.408 e. The minimum atomic E-state index is -0.959. The Labute approximate surface area is 255 Å². The summed E-state index contributed by atoms with van der Waals surface area (Å²) in [6.07, 6.45) is -0.824. The predicted octanol–water partition coefficient (Wildman–Crippen LogP) is 4.78. The fourth-order valence-corrected chi connectivity index (χ4v) is 5.45. The number of hydrogen-bond acceptors (Lipinski definition) is 6. The second-order valence-corrected chi connectivity index (χ2v) is 13.9. The quantitative estimate of drug-likeness (QED) is 0.263. The third-order valence-corrected chi connectivity index (χ3v) is 7.90. The van der Waals surface area contributed by atoms with E-state index in [1.54, 1.807) is 39.5 Å². The van der Waals surface area contributed by atoms with Gasteiger partial charge >= 0.3 is 6.09 Å². The average Bonchev–Trinajstić information content (AvgIpc) is 2.87. The largest absolute Gasteiger partial charge is 0.444 e. The number of aliphatic hydroxyl groups is 1. The molecule has 42 heavy (non-hydrogen) atoms. The molecule has 4 atom stereocenters. The van der Waals surface area contributed by atoms with E-state index < -0.39 is 47.7 Å². The number of rotatable bonds is 13. The van der Waals surface area contributed by atoms with Gasteiger partial charge in [0.1, 0.15) is 17.7 Å². The predicted molar refractivity (Wildman–Crippen MR) is 171 cm³/mol. The van der Waals surface area contributed by atoms with Gasteiger partial charge in [-0.25, -0.2) is 4.79 Å². The molecule has 3 amide bonds. The van der Waals surface area contributed by atoms with Crippen molar-refractivity contribution >= 4 is 29.7 Å². The van der Waals surface area contributed by atoms with Crippen molar-refractivity contribution in [1.29, 1.82) is 0 Å². The maximum atomic E-state index is 13.4. The van der Waals surface area contributed by atoms with Crippen molar-refractivity contribution in [3.63, 3.8) is 0 Å². The van der Waals surface area contributed by atoms with Crippen molar-refractivity contribution < 1.29 is 24.2 Å². The summed E-state index contributed by atoms with van der Waals surface area (Å²) in [4.78, 5) is 39.3. The van der Waals surface area contributed by atoms with E-state index in [9.17, 15) is 19.5 Å². The molecule has 2 aromatic carbocycles. The van der Waals surface area contributed by atoms with Crippen LogP contribution < -0.4 is 16.0 Å². The van der Waals surface area contributed by atoms with Crippen molar-refractivity contribution in [2.45, 2.75) is 110 Å². The monoisotopic (exact) mass is 599 g/mol. The van der Waals surface area contributed by atoms with Crippen molar-refractivity contribution in [2.24, 2.45) is 0 Å². The zero-order chi connectivity index (χ0) is 31.6. The van der Waals surface area contributed by atoms with Crippen molar-refractivity contribution in [3.05, 3.63) is 70.3 Å². The van der Waals surface area contributed by atoms with Crippen LogP contribution in [0.2, 0.25) is 0 Å². The Morgan fingerprint density at radius 2 is 1.48 bits per heavy atom. The van der Waals surface area contributed by atoms with Crippen LogP contribution in [0.5, 0.6) is 0 Å². The lowest BCUT2D eigenvalue weighted by atomic mass is 9.92. The zero-order valence-electron chi connectivity index (χ0n) is 26.5. The van der Waals surface area contributed by atoms with Gasteiger partial charge in [0, 0.05) is 12.2 Å². The summed E-state index contributed by atoms with van der Waals surface area (Å²) in [6, 6.07) is 11.1. The van der Waals surface area contributed by atoms with E-state index in [-0.39, 0.29) is 6.42 Å².